The molecule has 1 N–H and O–H groups in total. The largest absolute Gasteiger partial charge is 0.314 e. The van der Waals surface area contributed by atoms with Gasteiger partial charge in [-0.1, -0.05) is 41.9 Å². The molecule has 0 saturated carbocycles. The predicted octanol–water partition coefficient (Wildman–Crippen LogP) is 3.94. The highest BCUT2D eigenvalue weighted by atomic mass is 79.9. The molecule has 0 aliphatic carbocycles. The summed E-state index contributed by atoms with van der Waals surface area (Å²) in [6, 6.07) is 9.16. The zero-order valence-electron chi connectivity index (χ0n) is 9.76. The number of halogens is 1. The Hall–Kier alpha value is -0.340. The molecule has 2 heteroatoms. The predicted molar refractivity (Wildman–Crippen MR) is 70.3 cm³/mol. The lowest BCUT2D eigenvalue weighted by molar-refractivity contribution is 0.508. The standard InChI is InChI=1S/C13H20BrN/c1-4-11(3)15-9-10(2)12-6-5-7-13(14)8-12/h5-8,10-11,15H,4,9H2,1-3H3. The minimum Gasteiger partial charge on any atom is -0.314 e. The van der Waals surface area contributed by atoms with Crippen molar-refractivity contribution < 1.29 is 0 Å². The third kappa shape index (κ3) is 4.35. The quantitative estimate of drug-likeness (QED) is 0.854. The van der Waals surface area contributed by atoms with Crippen LogP contribution in [0, 0.1) is 0 Å². The Kier molecular flexibility index (Phi) is 5.34. The van der Waals surface area contributed by atoms with Gasteiger partial charge in [-0.25, -0.2) is 0 Å². The molecule has 15 heavy (non-hydrogen) atoms. The summed E-state index contributed by atoms with van der Waals surface area (Å²) in [5.74, 6) is 0.566. The summed E-state index contributed by atoms with van der Waals surface area (Å²) in [7, 11) is 0. The summed E-state index contributed by atoms with van der Waals surface area (Å²) in [6.07, 6.45) is 1.19. The molecule has 0 bridgehead atoms. The fraction of sp³-hybridized carbons (Fsp3) is 0.538. The highest BCUT2D eigenvalue weighted by Gasteiger charge is 2.06. The molecule has 0 saturated heterocycles. The van der Waals surface area contributed by atoms with Gasteiger partial charge in [0.1, 0.15) is 0 Å². The zero-order chi connectivity index (χ0) is 11.3. The number of hydrogen-bond donors (Lipinski definition) is 1. The molecule has 84 valence electrons. The minimum atomic E-state index is 0.566. The van der Waals surface area contributed by atoms with E-state index in [2.05, 4.69) is 66.3 Å². The monoisotopic (exact) mass is 269 g/mol. The number of nitrogens with one attached hydrogen (secondary N) is 1. The van der Waals surface area contributed by atoms with Crippen LogP contribution in [-0.2, 0) is 0 Å². The van der Waals surface area contributed by atoms with Crippen LogP contribution < -0.4 is 5.32 Å². The summed E-state index contributed by atoms with van der Waals surface area (Å²) in [5.41, 5.74) is 1.39. The first-order valence-corrected chi connectivity index (χ1v) is 6.41. The van der Waals surface area contributed by atoms with Crippen LogP contribution in [0.15, 0.2) is 28.7 Å². The lowest BCUT2D eigenvalue weighted by atomic mass is 10.0. The first-order chi connectivity index (χ1) is 7.13. The summed E-state index contributed by atoms with van der Waals surface area (Å²) < 4.78 is 1.16. The highest BCUT2D eigenvalue weighted by molar-refractivity contribution is 9.10. The van der Waals surface area contributed by atoms with E-state index in [-0.39, 0.29) is 0 Å². The number of rotatable bonds is 5. The molecule has 2 unspecified atom stereocenters. The average Bonchev–Trinajstić information content (AvgIpc) is 2.25. The normalized spacial score (nSPS) is 14.9. The van der Waals surface area contributed by atoms with Gasteiger partial charge in [0.15, 0.2) is 0 Å². The molecule has 0 radical (unpaired) electrons. The Morgan fingerprint density at radius 3 is 2.67 bits per heavy atom. The van der Waals surface area contributed by atoms with E-state index in [0.717, 1.165) is 11.0 Å². The van der Waals surface area contributed by atoms with Crippen LogP contribution in [0.2, 0.25) is 0 Å². The van der Waals surface area contributed by atoms with Gasteiger partial charge in [-0.3, -0.25) is 0 Å². The molecule has 0 heterocycles. The lowest BCUT2D eigenvalue weighted by Crippen LogP contribution is -2.28. The second-order valence-corrected chi connectivity index (χ2v) is 5.09. The van der Waals surface area contributed by atoms with Crippen LogP contribution in [-0.4, -0.2) is 12.6 Å². The van der Waals surface area contributed by atoms with E-state index in [9.17, 15) is 0 Å². The van der Waals surface area contributed by atoms with Crippen molar-refractivity contribution in [2.45, 2.75) is 39.2 Å². The first-order valence-electron chi connectivity index (χ1n) is 5.62. The molecule has 0 aliphatic rings. The molecular weight excluding hydrogens is 250 g/mol. The van der Waals surface area contributed by atoms with E-state index in [1.54, 1.807) is 0 Å². The van der Waals surface area contributed by atoms with E-state index in [1.165, 1.54) is 12.0 Å². The van der Waals surface area contributed by atoms with Crippen LogP contribution in [0.1, 0.15) is 38.7 Å². The van der Waals surface area contributed by atoms with Crippen LogP contribution in [0.4, 0.5) is 0 Å². The van der Waals surface area contributed by atoms with Crippen molar-refractivity contribution in [3.05, 3.63) is 34.3 Å². The Balaban J connectivity index is 2.50. The zero-order valence-corrected chi connectivity index (χ0v) is 11.3. The second-order valence-electron chi connectivity index (χ2n) is 4.17. The van der Waals surface area contributed by atoms with E-state index in [1.807, 2.05) is 0 Å². The second kappa shape index (κ2) is 6.29. The minimum absolute atomic E-state index is 0.566. The Morgan fingerprint density at radius 1 is 1.33 bits per heavy atom. The summed E-state index contributed by atoms with van der Waals surface area (Å²) >= 11 is 3.50. The molecule has 2 atom stereocenters. The van der Waals surface area contributed by atoms with Gasteiger partial charge < -0.3 is 5.32 Å². The van der Waals surface area contributed by atoms with Gasteiger partial charge in [-0.05, 0) is 37.0 Å². The molecule has 0 amide bonds. The molecule has 0 spiro atoms. The average molecular weight is 270 g/mol. The topological polar surface area (TPSA) is 12.0 Å². The van der Waals surface area contributed by atoms with Gasteiger partial charge >= 0.3 is 0 Å². The van der Waals surface area contributed by atoms with Gasteiger partial charge in [0.05, 0.1) is 0 Å². The van der Waals surface area contributed by atoms with Crippen LogP contribution >= 0.6 is 15.9 Å². The van der Waals surface area contributed by atoms with Crippen molar-refractivity contribution >= 4 is 15.9 Å². The molecule has 1 aromatic carbocycles. The van der Waals surface area contributed by atoms with Crippen LogP contribution in [0.25, 0.3) is 0 Å². The van der Waals surface area contributed by atoms with Crippen molar-refractivity contribution in [3.63, 3.8) is 0 Å². The Labute approximate surface area is 101 Å². The maximum atomic E-state index is 3.53. The van der Waals surface area contributed by atoms with Crippen molar-refractivity contribution in [2.24, 2.45) is 0 Å². The van der Waals surface area contributed by atoms with E-state index in [4.69, 9.17) is 0 Å². The Bertz CT molecular complexity index is 298. The fourth-order valence-corrected chi connectivity index (χ4v) is 1.87. The molecule has 0 aromatic heterocycles. The molecule has 0 fully saturated rings. The fourth-order valence-electron chi connectivity index (χ4n) is 1.45. The molecule has 1 nitrogen and oxygen atoms in total. The maximum Gasteiger partial charge on any atom is 0.0178 e. The van der Waals surface area contributed by atoms with Gasteiger partial charge in [-0.15, -0.1) is 0 Å². The summed E-state index contributed by atoms with van der Waals surface area (Å²) in [4.78, 5) is 0. The highest BCUT2D eigenvalue weighted by Crippen LogP contribution is 2.19. The Morgan fingerprint density at radius 2 is 2.07 bits per heavy atom. The molecule has 1 rings (SSSR count). The van der Waals surface area contributed by atoms with Crippen LogP contribution in [0.3, 0.4) is 0 Å². The maximum absolute atomic E-state index is 3.53. The third-order valence-electron chi connectivity index (χ3n) is 2.80. The lowest BCUT2D eigenvalue weighted by Gasteiger charge is -2.17. The number of benzene rings is 1. The van der Waals surface area contributed by atoms with E-state index in [0.29, 0.717) is 12.0 Å². The number of hydrogen-bond acceptors (Lipinski definition) is 1. The van der Waals surface area contributed by atoms with Crippen molar-refractivity contribution in [1.82, 2.24) is 5.32 Å². The van der Waals surface area contributed by atoms with Crippen molar-refractivity contribution in [2.75, 3.05) is 6.54 Å². The molecule has 0 aliphatic heterocycles. The summed E-state index contributed by atoms with van der Waals surface area (Å²) in [6.45, 7) is 7.75. The van der Waals surface area contributed by atoms with E-state index >= 15 is 0 Å². The van der Waals surface area contributed by atoms with Crippen molar-refractivity contribution in [1.29, 1.82) is 0 Å². The van der Waals surface area contributed by atoms with Crippen molar-refractivity contribution in [3.8, 4) is 0 Å². The molecular formula is C13H20BrN. The first kappa shape index (κ1) is 12.7. The van der Waals surface area contributed by atoms with Gasteiger partial charge in [0, 0.05) is 17.1 Å². The van der Waals surface area contributed by atoms with Gasteiger partial charge in [0.2, 0.25) is 0 Å². The van der Waals surface area contributed by atoms with Gasteiger partial charge in [-0.2, -0.15) is 0 Å². The molecule has 1 aromatic rings. The summed E-state index contributed by atoms with van der Waals surface area (Å²) in [5, 5.41) is 3.53. The van der Waals surface area contributed by atoms with E-state index < -0.39 is 0 Å². The van der Waals surface area contributed by atoms with Gasteiger partial charge in [0.25, 0.3) is 0 Å². The third-order valence-corrected chi connectivity index (χ3v) is 3.30. The SMILES string of the molecule is CCC(C)NCC(C)c1cccc(Br)c1. The smallest absolute Gasteiger partial charge is 0.0178 e. The van der Waals surface area contributed by atoms with Crippen LogP contribution in [0.5, 0.6) is 0 Å².